The molecule has 226 valence electrons. The van der Waals surface area contributed by atoms with Crippen LogP contribution in [0.5, 0.6) is 0 Å². The van der Waals surface area contributed by atoms with E-state index in [4.69, 9.17) is 8.83 Å². The van der Waals surface area contributed by atoms with Gasteiger partial charge in [-0.2, -0.15) is 0 Å². The Bertz CT molecular complexity index is 3050. The molecule has 0 spiro atoms. The Morgan fingerprint density at radius 1 is 0.333 bits per heavy atom. The minimum Gasteiger partial charge on any atom is -0.456 e. The smallest absolute Gasteiger partial charge is 0.136 e. The molecule has 0 aromatic heterocycles. The van der Waals surface area contributed by atoms with E-state index in [0.29, 0.717) is 11.8 Å². The fourth-order valence-electron chi connectivity index (χ4n) is 9.72. The van der Waals surface area contributed by atoms with Crippen molar-refractivity contribution in [3.05, 3.63) is 108 Å². The number of rotatable bonds is 2. The molecule has 48 heavy (non-hydrogen) atoms. The van der Waals surface area contributed by atoms with Crippen molar-refractivity contribution in [3.8, 4) is 11.1 Å². The first-order valence-corrected chi connectivity index (χ1v) is 17.2. The second-order valence-electron chi connectivity index (χ2n) is 14.7. The van der Waals surface area contributed by atoms with E-state index in [2.05, 4.69) is 125 Å². The van der Waals surface area contributed by atoms with Crippen molar-refractivity contribution in [2.45, 2.75) is 39.5 Å². The molecular formula is C46H30O2. The molecule has 2 aliphatic heterocycles. The van der Waals surface area contributed by atoms with Gasteiger partial charge in [-0.25, -0.2) is 0 Å². The van der Waals surface area contributed by atoms with Crippen molar-refractivity contribution < 1.29 is 8.83 Å². The summed E-state index contributed by atoms with van der Waals surface area (Å²) in [4.78, 5) is 0. The molecule has 0 saturated carbocycles. The van der Waals surface area contributed by atoms with Crippen LogP contribution in [-0.2, 0) is 0 Å². The Hall–Kier alpha value is -5.60. The van der Waals surface area contributed by atoms with Crippen molar-refractivity contribution >= 4 is 109 Å². The van der Waals surface area contributed by atoms with Gasteiger partial charge in [0.25, 0.3) is 0 Å². The van der Waals surface area contributed by atoms with E-state index in [1.807, 2.05) is 0 Å². The van der Waals surface area contributed by atoms with E-state index < -0.39 is 0 Å². The third-order valence-electron chi connectivity index (χ3n) is 11.7. The molecule has 0 saturated heterocycles. The zero-order valence-corrected chi connectivity index (χ0v) is 27.2. The largest absolute Gasteiger partial charge is 0.456 e. The molecule has 0 fully saturated rings. The Kier molecular flexibility index (Phi) is 4.39. The second kappa shape index (κ2) is 8.27. The van der Waals surface area contributed by atoms with Crippen LogP contribution in [0.4, 0.5) is 0 Å². The SMILES string of the molecule is CC(C)c1ccc2c3cc4oc5ccc6c7cccc8c(C(C)C)ccc(c9cc%10oc%11ccc(c%12cccc1c%122)c3c%11c4-c%10c5c69)c87. The fourth-order valence-corrected chi connectivity index (χ4v) is 9.72. The van der Waals surface area contributed by atoms with E-state index in [1.54, 1.807) is 0 Å². The molecule has 0 atom stereocenters. The first-order chi connectivity index (χ1) is 23.5. The number of fused-ring (bicyclic) bond motifs is 4. The highest BCUT2D eigenvalue weighted by atomic mass is 16.3. The van der Waals surface area contributed by atoms with Crippen LogP contribution in [0.1, 0.15) is 50.7 Å². The number of hydrogen-bond acceptors (Lipinski definition) is 2. The summed E-state index contributed by atoms with van der Waals surface area (Å²) in [6.45, 7) is 9.15. The highest BCUT2D eigenvalue weighted by Crippen LogP contribution is 2.55. The molecule has 0 aliphatic carbocycles. The zero-order chi connectivity index (χ0) is 31.7. The van der Waals surface area contributed by atoms with Crippen molar-refractivity contribution in [2.24, 2.45) is 0 Å². The molecule has 2 heteroatoms. The molecule has 10 aromatic rings. The predicted octanol–water partition coefficient (Wildman–Crippen LogP) is 14.1. The molecule has 2 heterocycles. The Labute approximate surface area is 275 Å². The van der Waals surface area contributed by atoms with Gasteiger partial charge in [-0.15, -0.1) is 0 Å². The van der Waals surface area contributed by atoms with Crippen LogP contribution >= 0.6 is 0 Å². The minimum absolute atomic E-state index is 0.442. The van der Waals surface area contributed by atoms with Gasteiger partial charge in [0.15, 0.2) is 0 Å². The summed E-state index contributed by atoms with van der Waals surface area (Å²) < 4.78 is 14.1. The third kappa shape index (κ3) is 2.77. The Balaban J connectivity index is 1.33. The summed E-state index contributed by atoms with van der Waals surface area (Å²) >= 11 is 0. The van der Waals surface area contributed by atoms with Crippen LogP contribution < -0.4 is 0 Å². The van der Waals surface area contributed by atoms with E-state index in [1.165, 1.54) is 86.5 Å². The van der Waals surface area contributed by atoms with Crippen LogP contribution in [0.25, 0.3) is 120 Å². The topological polar surface area (TPSA) is 26.3 Å². The Morgan fingerprint density at radius 2 is 0.708 bits per heavy atom. The molecule has 2 nitrogen and oxygen atoms in total. The lowest BCUT2D eigenvalue weighted by Gasteiger charge is -2.25. The van der Waals surface area contributed by atoms with Gasteiger partial charge in [-0.05, 0) is 124 Å². The molecule has 0 unspecified atom stereocenters. The zero-order valence-electron chi connectivity index (χ0n) is 27.2. The van der Waals surface area contributed by atoms with Gasteiger partial charge in [-0.3, -0.25) is 0 Å². The van der Waals surface area contributed by atoms with Crippen LogP contribution in [0.15, 0.2) is 106 Å². The summed E-state index contributed by atoms with van der Waals surface area (Å²) in [6.07, 6.45) is 0. The van der Waals surface area contributed by atoms with E-state index in [9.17, 15) is 0 Å². The maximum absolute atomic E-state index is 7.03. The highest BCUT2D eigenvalue weighted by molar-refractivity contribution is 6.42. The van der Waals surface area contributed by atoms with E-state index in [0.717, 1.165) is 44.2 Å². The van der Waals surface area contributed by atoms with Crippen LogP contribution in [0.3, 0.4) is 0 Å². The van der Waals surface area contributed by atoms with Gasteiger partial charge >= 0.3 is 0 Å². The van der Waals surface area contributed by atoms with Gasteiger partial charge in [0, 0.05) is 32.7 Å². The first-order valence-electron chi connectivity index (χ1n) is 17.2. The average Bonchev–Trinajstić information content (AvgIpc) is 3.10. The molecule has 12 rings (SSSR count). The summed E-state index contributed by atoms with van der Waals surface area (Å²) in [6, 6.07) is 36.5. The molecule has 2 aliphatic rings. The molecule has 0 amide bonds. The molecule has 0 bridgehead atoms. The summed E-state index contributed by atoms with van der Waals surface area (Å²) in [5, 5.41) is 20.3. The third-order valence-corrected chi connectivity index (χ3v) is 11.7. The van der Waals surface area contributed by atoms with Crippen LogP contribution in [-0.4, -0.2) is 0 Å². The van der Waals surface area contributed by atoms with Gasteiger partial charge in [0.05, 0.1) is 0 Å². The van der Waals surface area contributed by atoms with Crippen molar-refractivity contribution in [3.63, 3.8) is 0 Å². The fraction of sp³-hybridized carbons (Fsp3) is 0.130. The molecule has 10 aromatic carbocycles. The van der Waals surface area contributed by atoms with E-state index in [-0.39, 0.29) is 0 Å². The number of benzene rings is 10. The van der Waals surface area contributed by atoms with Gasteiger partial charge < -0.3 is 8.83 Å². The quantitative estimate of drug-likeness (QED) is 0.143. The predicted molar refractivity (Wildman–Crippen MR) is 204 cm³/mol. The van der Waals surface area contributed by atoms with Crippen LogP contribution in [0, 0.1) is 0 Å². The molecule has 0 N–H and O–H groups in total. The van der Waals surface area contributed by atoms with Crippen molar-refractivity contribution in [1.82, 2.24) is 0 Å². The number of hydrogen-bond donors (Lipinski definition) is 0. The summed E-state index contributed by atoms with van der Waals surface area (Å²) in [7, 11) is 0. The van der Waals surface area contributed by atoms with Gasteiger partial charge in [0.1, 0.15) is 22.3 Å². The lowest BCUT2D eigenvalue weighted by molar-refractivity contribution is 0.647. The van der Waals surface area contributed by atoms with E-state index >= 15 is 0 Å². The van der Waals surface area contributed by atoms with Crippen LogP contribution in [0.2, 0.25) is 0 Å². The van der Waals surface area contributed by atoms with Gasteiger partial charge in [-0.1, -0.05) is 88.4 Å². The lowest BCUT2D eigenvalue weighted by Crippen LogP contribution is -1.99. The molecular weight excluding hydrogens is 585 g/mol. The Morgan fingerprint density at radius 3 is 1.15 bits per heavy atom. The maximum Gasteiger partial charge on any atom is 0.136 e. The monoisotopic (exact) mass is 614 g/mol. The molecule has 0 radical (unpaired) electrons. The minimum atomic E-state index is 0.442. The highest BCUT2D eigenvalue weighted by Gasteiger charge is 2.30. The average molecular weight is 615 g/mol. The maximum atomic E-state index is 7.03. The summed E-state index contributed by atoms with van der Waals surface area (Å²) in [5.41, 5.74) is 8.74. The van der Waals surface area contributed by atoms with Crippen molar-refractivity contribution in [1.29, 1.82) is 0 Å². The lowest BCUT2D eigenvalue weighted by atomic mass is 9.81. The second-order valence-corrected chi connectivity index (χ2v) is 14.7. The van der Waals surface area contributed by atoms with Gasteiger partial charge in [0.2, 0.25) is 0 Å². The first kappa shape index (κ1) is 25.5. The normalized spacial score (nSPS) is 13.4. The van der Waals surface area contributed by atoms with Crippen molar-refractivity contribution in [2.75, 3.05) is 0 Å². The standard InChI is InChI=1S/C46H30O2/c1-21(2)23-11-13-31-33-19-37-45-43-35(17-15-29(41(33)43)27-9-5-7-25(23)39(27)31)48-38-20-34-32-14-12-24(22(3)4)26-8-6-10-28(40(26)32)30-16-18-36(47-37)44(42(30)34)46(38)45/h5-22H,1-4H3. The summed E-state index contributed by atoms with van der Waals surface area (Å²) in [5.74, 6) is 0.884.